The smallest absolute Gasteiger partial charge is 0.320 e. The minimum absolute atomic E-state index is 0.300. The van der Waals surface area contributed by atoms with Gasteiger partial charge >= 0.3 is 6.03 Å². The Morgan fingerprint density at radius 2 is 1.67 bits per heavy atom. The van der Waals surface area contributed by atoms with E-state index in [1.54, 1.807) is 0 Å². The zero-order valence-corrected chi connectivity index (χ0v) is 11.5. The number of urea groups is 1. The molecule has 2 amide bonds. The molecule has 18 heavy (non-hydrogen) atoms. The van der Waals surface area contributed by atoms with Gasteiger partial charge in [0, 0.05) is 39.3 Å². The van der Waals surface area contributed by atoms with Gasteiger partial charge in [-0.25, -0.2) is 4.79 Å². The standard InChI is InChI=1S/C14H25N3O/c1-2-15-7-9-16(10-8-15)14(18)17-6-5-13(11-17)12-3-4-12/h12-13H,2-11H2,1H3. The SMILES string of the molecule is CCN1CCN(C(=O)N2CCC(C3CC3)C2)CC1. The van der Waals surface area contributed by atoms with Crippen molar-refractivity contribution >= 4 is 6.03 Å². The Labute approximate surface area is 110 Å². The van der Waals surface area contributed by atoms with Crippen molar-refractivity contribution < 1.29 is 4.79 Å². The van der Waals surface area contributed by atoms with Crippen molar-refractivity contribution in [2.45, 2.75) is 26.2 Å². The summed E-state index contributed by atoms with van der Waals surface area (Å²) in [5.41, 5.74) is 0. The maximum atomic E-state index is 12.4. The lowest BCUT2D eigenvalue weighted by Gasteiger charge is -2.36. The highest BCUT2D eigenvalue weighted by atomic mass is 16.2. The van der Waals surface area contributed by atoms with Crippen molar-refractivity contribution in [2.75, 3.05) is 45.8 Å². The Balaban J connectivity index is 1.49. The van der Waals surface area contributed by atoms with E-state index in [0.29, 0.717) is 6.03 Å². The molecule has 0 spiro atoms. The van der Waals surface area contributed by atoms with Gasteiger partial charge in [0.1, 0.15) is 0 Å². The maximum absolute atomic E-state index is 12.4. The van der Waals surface area contributed by atoms with E-state index in [1.807, 2.05) is 0 Å². The van der Waals surface area contributed by atoms with Gasteiger partial charge in [0.25, 0.3) is 0 Å². The highest BCUT2D eigenvalue weighted by molar-refractivity contribution is 5.75. The highest BCUT2D eigenvalue weighted by Gasteiger charge is 2.38. The summed E-state index contributed by atoms with van der Waals surface area (Å²) in [6.07, 6.45) is 4.05. The summed E-state index contributed by atoms with van der Waals surface area (Å²) in [5, 5.41) is 0. The first kappa shape index (κ1) is 12.3. The second-order valence-electron chi connectivity index (χ2n) is 6.04. The molecule has 0 aromatic rings. The van der Waals surface area contributed by atoms with Gasteiger partial charge in [-0.05, 0) is 37.6 Å². The Hall–Kier alpha value is -0.770. The zero-order valence-electron chi connectivity index (χ0n) is 11.5. The Morgan fingerprint density at radius 1 is 0.944 bits per heavy atom. The zero-order chi connectivity index (χ0) is 12.5. The van der Waals surface area contributed by atoms with Crippen molar-refractivity contribution in [3.63, 3.8) is 0 Å². The summed E-state index contributed by atoms with van der Waals surface area (Å²) in [5.74, 6) is 1.76. The number of carbonyl (C=O) groups is 1. The fourth-order valence-electron chi connectivity index (χ4n) is 3.37. The lowest BCUT2D eigenvalue weighted by atomic mass is 10.0. The van der Waals surface area contributed by atoms with E-state index < -0.39 is 0 Å². The van der Waals surface area contributed by atoms with Gasteiger partial charge < -0.3 is 14.7 Å². The van der Waals surface area contributed by atoms with Gasteiger partial charge in [-0.3, -0.25) is 0 Å². The number of rotatable bonds is 2. The number of carbonyl (C=O) groups excluding carboxylic acids is 1. The molecule has 3 rings (SSSR count). The predicted octanol–water partition coefficient (Wildman–Crippen LogP) is 1.48. The van der Waals surface area contributed by atoms with Crippen LogP contribution in [0.2, 0.25) is 0 Å². The number of likely N-dealkylation sites (N-methyl/N-ethyl adjacent to an activating group) is 1. The molecule has 4 heteroatoms. The van der Waals surface area contributed by atoms with Crippen LogP contribution in [0.25, 0.3) is 0 Å². The van der Waals surface area contributed by atoms with E-state index >= 15 is 0 Å². The van der Waals surface area contributed by atoms with E-state index in [9.17, 15) is 4.79 Å². The van der Waals surface area contributed by atoms with Crippen molar-refractivity contribution in [1.29, 1.82) is 0 Å². The van der Waals surface area contributed by atoms with Crippen molar-refractivity contribution in [3.05, 3.63) is 0 Å². The molecule has 0 aromatic heterocycles. The molecule has 1 saturated carbocycles. The van der Waals surface area contributed by atoms with Gasteiger partial charge in [0.15, 0.2) is 0 Å². The predicted molar refractivity (Wildman–Crippen MR) is 71.5 cm³/mol. The number of hydrogen-bond donors (Lipinski definition) is 0. The molecular formula is C14H25N3O. The first-order valence-electron chi connectivity index (χ1n) is 7.54. The van der Waals surface area contributed by atoms with Gasteiger partial charge in [-0.1, -0.05) is 6.92 Å². The van der Waals surface area contributed by atoms with Crippen LogP contribution < -0.4 is 0 Å². The van der Waals surface area contributed by atoms with E-state index in [2.05, 4.69) is 21.6 Å². The van der Waals surface area contributed by atoms with Gasteiger partial charge in [-0.15, -0.1) is 0 Å². The van der Waals surface area contributed by atoms with Crippen LogP contribution >= 0.6 is 0 Å². The summed E-state index contributed by atoms with van der Waals surface area (Å²) in [7, 11) is 0. The Kier molecular flexibility index (Phi) is 3.46. The Bertz CT molecular complexity index is 308. The molecule has 3 aliphatic rings. The molecule has 0 radical (unpaired) electrons. The molecule has 0 N–H and O–H groups in total. The monoisotopic (exact) mass is 251 g/mol. The molecule has 4 nitrogen and oxygen atoms in total. The van der Waals surface area contributed by atoms with Crippen LogP contribution in [-0.4, -0.2) is 66.5 Å². The largest absolute Gasteiger partial charge is 0.324 e. The van der Waals surface area contributed by atoms with Crippen LogP contribution in [0, 0.1) is 11.8 Å². The highest BCUT2D eigenvalue weighted by Crippen LogP contribution is 2.41. The summed E-state index contributed by atoms with van der Waals surface area (Å²) in [6, 6.07) is 0.300. The van der Waals surface area contributed by atoms with Crippen molar-refractivity contribution in [2.24, 2.45) is 11.8 Å². The second-order valence-corrected chi connectivity index (χ2v) is 6.04. The third-order valence-corrected chi connectivity index (χ3v) is 4.87. The number of nitrogens with zero attached hydrogens (tertiary/aromatic N) is 3. The third-order valence-electron chi connectivity index (χ3n) is 4.87. The normalized spacial score (nSPS) is 29.9. The summed E-state index contributed by atoms with van der Waals surface area (Å²) >= 11 is 0. The quantitative estimate of drug-likeness (QED) is 0.743. The maximum Gasteiger partial charge on any atom is 0.320 e. The Morgan fingerprint density at radius 3 is 2.28 bits per heavy atom. The first-order valence-corrected chi connectivity index (χ1v) is 7.54. The average Bonchev–Trinajstić information content (AvgIpc) is 3.16. The van der Waals surface area contributed by atoms with E-state index in [4.69, 9.17) is 0 Å². The summed E-state index contributed by atoms with van der Waals surface area (Å²) in [4.78, 5) is 19.0. The van der Waals surface area contributed by atoms with Crippen LogP contribution in [0.5, 0.6) is 0 Å². The molecule has 102 valence electrons. The summed E-state index contributed by atoms with van der Waals surface area (Å²) in [6.45, 7) is 9.23. The first-order chi connectivity index (χ1) is 8.78. The summed E-state index contributed by atoms with van der Waals surface area (Å²) < 4.78 is 0. The van der Waals surface area contributed by atoms with E-state index in [0.717, 1.165) is 57.6 Å². The van der Waals surface area contributed by atoms with Crippen molar-refractivity contribution in [3.8, 4) is 0 Å². The molecule has 1 atom stereocenters. The van der Waals surface area contributed by atoms with Crippen LogP contribution in [0.15, 0.2) is 0 Å². The minimum Gasteiger partial charge on any atom is -0.324 e. The lowest BCUT2D eigenvalue weighted by molar-refractivity contribution is 0.119. The van der Waals surface area contributed by atoms with Gasteiger partial charge in [-0.2, -0.15) is 0 Å². The van der Waals surface area contributed by atoms with Gasteiger partial charge in [0.05, 0.1) is 0 Å². The van der Waals surface area contributed by atoms with E-state index in [1.165, 1.54) is 19.3 Å². The second kappa shape index (κ2) is 5.08. The fraction of sp³-hybridized carbons (Fsp3) is 0.929. The van der Waals surface area contributed by atoms with Crippen LogP contribution in [-0.2, 0) is 0 Å². The molecule has 0 aromatic carbocycles. The minimum atomic E-state index is 0.300. The number of hydrogen-bond acceptors (Lipinski definition) is 2. The van der Waals surface area contributed by atoms with Crippen molar-refractivity contribution in [1.82, 2.24) is 14.7 Å². The number of piperazine rings is 1. The number of amides is 2. The number of likely N-dealkylation sites (tertiary alicyclic amines) is 1. The van der Waals surface area contributed by atoms with Gasteiger partial charge in [0.2, 0.25) is 0 Å². The topological polar surface area (TPSA) is 26.8 Å². The molecule has 1 aliphatic carbocycles. The molecule has 0 bridgehead atoms. The fourth-order valence-corrected chi connectivity index (χ4v) is 3.37. The molecule has 2 heterocycles. The van der Waals surface area contributed by atoms with Crippen LogP contribution in [0.3, 0.4) is 0 Å². The molecule has 1 unspecified atom stereocenters. The van der Waals surface area contributed by atoms with E-state index in [-0.39, 0.29) is 0 Å². The third kappa shape index (κ3) is 2.48. The molecular weight excluding hydrogens is 226 g/mol. The van der Waals surface area contributed by atoms with Crippen LogP contribution in [0.4, 0.5) is 4.79 Å². The average molecular weight is 251 g/mol. The molecule has 3 fully saturated rings. The molecule has 2 saturated heterocycles. The lowest BCUT2D eigenvalue weighted by Crippen LogP contribution is -2.52. The van der Waals surface area contributed by atoms with Crippen LogP contribution in [0.1, 0.15) is 26.2 Å². The molecule has 2 aliphatic heterocycles.